The summed E-state index contributed by atoms with van der Waals surface area (Å²) in [6, 6.07) is 0. The zero-order valence-corrected chi connectivity index (χ0v) is 13.3. The molecule has 14 heteroatoms. The monoisotopic (exact) mass is 381 g/mol. The highest BCUT2D eigenvalue weighted by atomic mass is 35.5. The number of hydrogen-bond donors (Lipinski definition) is 4. The maximum atomic E-state index is 12.2. The lowest BCUT2D eigenvalue weighted by Crippen LogP contribution is -2.32. The fourth-order valence-electron chi connectivity index (χ4n) is 2.75. The summed E-state index contributed by atoms with van der Waals surface area (Å²) < 4.78 is 28.2. The van der Waals surface area contributed by atoms with Crippen LogP contribution in [0.1, 0.15) is 6.23 Å². The number of nitrogen functional groups attached to an aromatic ring is 1. The van der Waals surface area contributed by atoms with Gasteiger partial charge in [0, 0.05) is 0 Å². The lowest BCUT2D eigenvalue weighted by atomic mass is 10.1. The van der Waals surface area contributed by atoms with Gasteiger partial charge in [-0.1, -0.05) is 0 Å². The number of fused-ring (bicyclic) bond motifs is 2. The summed E-state index contributed by atoms with van der Waals surface area (Å²) in [5.41, 5.74) is 4.07. The minimum absolute atomic E-state index is 0. The van der Waals surface area contributed by atoms with Crippen LogP contribution in [0.4, 0.5) is 5.95 Å². The Kier molecular flexibility index (Phi) is 4.23. The molecule has 2 aliphatic rings. The Balaban J connectivity index is 0.00000169. The number of aromatic nitrogens is 4. The summed E-state index contributed by atoms with van der Waals surface area (Å²) in [5, 5.41) is 9.34. The molecule has 24 heavy (non-hydrogen) atoms. The number of aliphatic hydroxyl groups is 1. The standard InChI is InChI=1S/C10H11N5O7S.ClH/c11-9-13-6-3(7(17)14-9)12-10(18)15(6)8-5-4(2(1-16)20-8)21-23(19)22-5;/h2,4-5,8,16H,1H2,(H,12,18)(H3,11,13,14,17);1H/t2-,4-,5-,8-,23?;/m1./s1. The Morgan fingerprint density at radius 1 is 1.29 bits per heavy atom. The Bertz CT molecular complexity index is 924. The number of H-pyrrole nitrogens is 2. The van der Waals surface area contributed by atoms with Crippen molar-refractivity contribution in [2.75, 3.05) is 12.3 Å². The number of nitrogens with one attached hydrogen (secondary N) is 2. The van der Waals surface area contributed by atoms with Crippen molar-refractivity contribution >= 4 is 40.9 Å². The first kappa shape index (κ1) is 17.1. The third-order valence-electron chi connectivity index (χ3n) is 3.70. The first-order valence-electron chi connectivity index (χ1n) is 6.52. The SMILES string of the molecule is Cl.Nc1nc2c([nH]c(=O)n2[C@@H]2O[C@H](CO)[C@H]3OS(=O)O[C@H]32)c(=O)[nH]1. The van der Waals surface area contributed by atoms with Gasteiger partial charge in [0.05, 0.1) is 6.61 Å². The molecule has 2 saturated heterocycles. The molecule has 2 fully saturated rings. The molecule has 0 bridgehead atoms. The van der Waals surface area contributed by atoms with Gasteiger partial charge < -0.3 is 15.6 Å². The Hall–Kier alpha value is -1.77. The number of aromatic amines is 2. The first-order chi connectivity index (χ1) is 11.0. The number of hydrogen-bond acceptors (Lipinski definition) is 9. The minimum Gasteiger partial charge on any atom is -0.394 e. The number of imidazole rings is 1. The molecule has 0 spiro atoms. The van der Waals surface area contributed by atoms with Gasteiger partial charge in [-0.2, -0.15) is 9.19 Å². The molecule has 0 saturated carbocycles. The molecule has 4 heterocycles. The molecule has 2 aromatic heterocycles. The molecule has 2 aromatic rings. The number of aliphatic hydroxyl groups excluding tert-OH is 1. The van der Waals surface area contributed by atoms with E-state index >= 15 is 0 Å². The van der Waals surface area contributed by atoms with Crippen LogP contribution in [0.25, 0.3) is 11.2 Å². The second-order valence-electron chi connectivity index (χ2n) is 5.02. The van der Waals surface area contributed by atoms with Crippen LogP contribution in [0.15, 0.2) is 9.59 Å². The molecule has 1 unspecified atom stereocenters. The van der Waals surface area contributed by atoms with Crippen molar-refractivity contribution in [3.63, 3.8) is 0 Å². The fraction of sp³-hybridized carbons (Fsp3) is 0.500. The summed E-state index contributed by atoms with van der Waals surface area (Å²) in [7, 11) is 0. The maximum Gasteiger partial charge on any atom is 0.330 e. The summed E-state index contributed by atoms with van der Waals surface area (Å²) in [6.45, 7) is -0.425. The number of ether oxygens (including phenoxy) is 1. The van der Waals surface area contributed by atoms with Gasteiger partial charge in [0.15, 0.2) is 23.5 Å². The molecule has 0 aromatic carbocycles. The molecule has 2 aliphatic heterocycles. The highest BCUT2D eigenvalue weighted by molar-refractivity contribution is 7.75. The summed E-state index contributed by atoms with van der Waals surface area (Å²) in [4.78, 5) is 32.6. The van der Waals surface area contributed by atoms with Gasteiger partial charge in [-0.3, -0.25) is 23.1 Å². The maximum absolute atomic E-state index is 12.2. The Labute approximate surface area is 141 Å². The largest absolute Gasteiger partial charge is 0.394 e. The number of rotatable bonds is 2. The van der Waals surface area contributed by atoms with Gasteiger partial charge in [-0.05, 0) is 0 Å². The van der Waals surface area contributed by atoms with E-state index in [0.29, 0.717) is 0 Å². The quantitative estimate of drug-likeness (QED) is 0.444. The average Bonchev–Trinajstić information content (AvgIpc) is 3.10. The summed E-state index contributed by atoms with van der Waals surface area (Å²) >= 11 is -2.02. The average molecular weight is 382 g/mol. The van der Waals surface area contributed by atoms with Gasteiger partial charge in [0.2, 0.25) is 5.95 Å². The van der Waals surface area contributed by atoms with Crippen LogP contribution >= 0.6 is 12.4 Å². The lowest BCUT2D eigenvalue weighted by molar-refractivity contribution is -0.0538. The molecule has 5 atom stereocenters. The third kappa shape index (κ3) is 2.37. The van der Waals surface area contributed by atoms with Crippen LogP contribution in [0.3, 0.4) is 0 Å². The normalized spacial score (nSPS) is 32.0. The van der Waals surface area contributed by atoms with E-state index in [-0.39, 0.29) is 29.5 Å². The van der Waals surface area contributed by atoms with E-state index in [2.05, 4.69) is 15.0 Å². The number of anilines is 1. The van der Waals surface area contributed by atoms with E-state index in [4.69, 9.17) is 18.8 Å². The summed E-state index contributed by atoms with van der Waals surface area (Å²) in [5.74, 6) is -0.185. The molecule has 4 rings (SSSR count). The van der Waals surface area contributed by atoms with Crippen molar-refractivity contribution in [1.82, 2.24) is 19.5 Å². The molecular formula is C10H12ClN5O7S. The van der Waals surface area contributed by atoms with Crippen molar-refractivity contribution in [1.29, 1.82) is 0 Å². The van der Waals surface area contributed by atoms with Gasteiger partial charge in [-0.15, -0.1) is 12.4 Å². The topological polar surface area (TPSA) is 175 Å². The van der Waals surface area contributed by atoms with Crippen molar-refractivity contribution in [3.05, 3.63) is 20.8 Å². The first-order valence-corrected chi connectivity index (χ1v) is 7.52. The van der Waals surface area contributed by atoms with Crippen molar-refractivity contribution in [2.45, 2.75) is 24.5 Å². The molecule has 0 amide bonds. The van der Waals surface area contributed by atoms with Crippen LogP contribution in [-0.4, -0.2) is 53.8 Å². The highest BCUT2D eigenvalue weighted by Crippen LogP contribution is 2.38. The Morgan fingerprint density at radius 2 is 2.00 bits per heavy atom. The smallest absolute Gasteiger partial charge is 0.330 e. The van der Waals surface area contributed by atoms with Gasteiger partial charge in [0.25, 0.3) is 5.56 Å². The third-order valence-corrected chi connectivity index (χ3v) is 4.46. The zero-order valence-electron chi connectivity index (χ0n) is 11.7. The van der Waals surface area contributed by atoms with E-state index in [9.17, 15) is 18.9 Å². The fourth-order valence-corrected chi connectivity index (χ4v) is 3.60. The van der Waals surface area contributed by atoms with Gasteiger partial charge in [0.1, 0.15) is 12.2 Å². The van der Waals surface area contributed by atoms with Crippen molar-refractivity contribution < 1.29 is 22.4 Å². The van der Waals surface area contributed by atoms with Crippen molar-refractivity contribution in [2.24, 2.45) is 0 Å². The molecule has 5 N–H and O–H groups in total. The number of nitrogens with two attached hydrogens (primary N) is 1. The van der Waals surface area contributed by atoms with Crippen LogP contribution in [0.2, 0.25) is 0 Å². The molecular weight excluding hydrogens is 370 g/mol. The van der Waals surface area contributed by atoms with Gasteiger partial charge >= 0.3 is 17.1 Å². The van der Waals surface area contributed by atoms with E-state index in [1.165, 1.54) is 0 Å². The van der Waals surface area contributed by atoms with E-state index in [1.807, 2.05) is 0 Å². The van der Waals surface area contributed by atoms with Crippen molar-refractivity contribution in [3.8, 4) is 0 Å². The number of nitrogens with zero attached hydrogens (tertiary/aromatic N) is 2. The highest BCUT2D eigenvalue weighted by Gasteiger charge is 2.54. The van der Waals surface area contributed by atoms with Gasteiger partial charge in [-0.25, -0.2) is 9.36 Å². The summed E-state index contributed by atoms with van der Waals surface area (Å²) in [6.07, 6.45) is -3.65. The molecule has 12 nitrogen and oxygen atoms in total. The van der Waals surface area contributed by atoms with E-state index in [1.54, 1.807) is 0 Å². The second kappa shape index (κ2) is 5.94. The molecule has 0 aliphatic carbocycles. The molecule has 132 valence electrons. The zero-order chi connectivity index (χ0) is 16.3. The molecule has 0 radical (unpaired) electrons. The van der Waals surface area contributed by atoms with Crippen LogP contribution in [0.5, 0.6) is 0 Å². The predicted molar refractivity (Wildman–Crippen MR) is 81.5 cm³/mol. The second-order valence-corrected chi connectivity index (χ2v) is 5.82. The lowest BCUT2D eigenvalue weighted by Gasteiger charge is -2.16. The van der Waals surface area contributed by atoms with Crippen LogP contribution in [-0.2, 0) is 24.5 Å². The van der Waals surface area contributed by atoms with E-state index in [0.717, 1.165) is 4.57 Å². The van der Waals surface area contributed by atoms with Crippen LogP contribution in [0, 0.1) is 0 Å². The predicted octanol–water partition coefficient (Wildman–Crippen LogP) is -2.33. The minimum atomic E-state index is -2.02. The van der Waals surface area contributed by atoms with E-state index < -0.39 is 53.8 Å². The Morgan fingerprint density at radius 3 is 2.71 bits per heavy atom. The number of halogens is 1. The van der Waals surface area contributed by atoms with Crippen LogP contribution < -0.4 is 17.0 Å².